The molecule has 0 saturated carbocycles. The molecule has 2 aliphatic rings. The Labute approximate surface area is 281 Å². The highest BCUT2D eigenvalue weighted by atomic mass is 35.5. The molecule has 5 heterocycles. The molecule has 5 rings (SSSR count). The van der Waals surface area contributed by atoms with Crippen LogP contribution >= 0.6 is 34.8 Å². The molecule has 2 saturated heterocycles. The number of carbonyl (C=O) groups is 3. The van der Waals surface area contributed by atoms with E-state index in [0.29, 0.717) is 22.4 Å². The van der Waals surface area contributed by atoms with Gasteiger partial charge < -0.3 is 29.9 Å². The highest BCUT2D eigenvalue weighted by Crippen LogP contribution is 2.25. The van der Waals surface area contributed by atoms with Crippen molar-refractivity contribution in [2.45, 2.75) is 13.3 Å². The number of pyridine rings is 3. The van der Waals surface area contributed by atoms with Crippen molar-refractivity contribution >= 4 is 63.9 Å². The number of methoxy groups -OCH3 is 2. The van der Waals surface area contributed by atoms with Crippen LogP contribution in [0.25, 0.3) is 0 Å². The van der Waals surface area contributed by atoms with Gasteiger partial charge in [0.1, 0.15) is 17.1 Å². The third kappa shape index (κ3) is 10.5. The summed E-state index contributed by atoms with van der Waals surface area (Å²) in [6.45, 7) is 9.19. The molecule has 0 amide bonds. The monoisotopic (exact) mass is 697 g/mol. The van der Waals surface area contributed by atoms with Gasteiger partial charge in [-0.05, 0) is 36.4 Å². The highest BCUT2D eigenvalue weighted by molar-refractivity contribution is 6.32. The van der Waals surface area contributed by atoms with E-state index >= 15 is 0 Å². The van der Waals surface area contributed by atoms with Gasteiger partial charge in [0.05, 0.1) is 25.6 Å². The summed E-state index contributed by atoms with van der Waals surface area (Å²) in [6, 6.07) is 9.36. The molecule has 0 aromatic carbocycles. The van der Waals surface area contributed by atoms with Crippen molar-refractivity contribution in [3.8, 4) is 0 Å². The maximum atomic E-state index is 12.5. The zero-order valence-electron chi connectivity index (χ0n) is 25.6. The van der Waals surface area contributed by atoms with Gasteiger partial charge >= 0.3 is 11.9 Å². The van der Waals surface area contributed by atoms with Gasteiger partial charge in [-0.2, -0.15) is 0 Å². The lowest BCUT2D eigenvalue weighted by Crippen LogP contribution is -2.43. The van der Waals surface area contributed by atoms with Crippen LogP contribution in [0, 0.1) is 5.82 Å². The summed E-state index contributed by atoms with van der Waals surface area (Å²) in [5.74, 6) is -1.75. The topological polar surface area (TPSA) is 139 Å². The third-order valence-electron chi connectivity index (χ3n) is 6.77. The molecule has 0 atom stereocenters. The first-order valence-electron chi connectivity index (χ1n) is 14.4. The second kappa shape index (κ2) is 18.5. The number of aromatic nitrogens is 3. The first-order chi connectivity index (χ1) is 22.1. The first kappa shape index (κ1) is 36.8. The molecule has 16 heteroatoms. The molecule has 3 aromatic heterocycles. The average molecular weight is 699 g/mol. The lowest BCUT2D eigenvalue weighted by molar-refractivity contribution is 0.0585. The summed E-state index contributed by atoms with van der Waals surface area (Å²) in [4.78, 5) is 49.6. The highest BCUT2D eigenvalue weighted by Gasteiger charge is 2.18. The summed E-state index contributed by atoms with van der Waals surface area (Å²) in [7, 11) is 2.53. The number of ketones is 1. The van der Waals surface area contributed by atoms with Crippen molar-refractivity contribution in [1.82, 2.24) is 25.6 Å². The van der Waals surface area contributed by atoms with E-state index in [4.69, 9.17) is 34.8 Å². The number of nitrogens with one attached hydrogen (secondary N) is 2. The van der Waals surface area contributed by atoms with E-state index in [9.17, 15) is 18.8 Å². The number of esters is 2. The van der Waals surface area contributed by atoms with Crippen LogP contribution in [0.4, 0.5) is 15.8 Å². The Morgan fingerprint density at radius 3 is 1.48 bits per heavy atom. The Morgan fingerprint density at radius 1 is 0.696 bits per heavy atom. The van der Waals surface area contributed by atoms with Crippen LogP contribution in [0.3, 0.4) is 0 Å². The fourth-order valence-electron chi connectivity index (χ4n) is 4.33. The number of hydrogen-bond donors (Lipinski definition) is 2. The Balaban J connectivity index is 0.000000191. The summed E-state index contributed by atoms with van der Waals surface area (Å²) in [5.41, 5.74) is 2.46. The van der Waals surface area contributed by atoms with Crippen LogP contribution in [0.2, 0.25) is 15.5 Å². The molecular weight excluding hydrogens is 664 g/mol. The number of carbonyl (C=O) groups excluding carboxylic acids is 3. The standard InChI is InChI=1S/C12H16ClN3O.C11H14ClN3O2.C7H5ClFNO2/c1-2-11(17)9-3-4-10(12(13)15-9)16-7-5-14-6-8-16;1-17-11(16)8-2-3-9(10(12)14-8)15-6-4-13-5-7-15;1-12-7(11)5-3-2-4(9)6(8)10-5/h3-4,14H,2,5-8H2,1H3;2-3,13H,4-7H2,1H3;2-3H,1H3. The second-order valence-corrected chi connectivity index (χ2v) is 10.8. The minimum absolute atomic E-state index is 0.0103. The van der Waals surface area contributed by atoms with Crippen molar-refractivity contribution in [3.05, 3.63) is 74.8 Å². The lowest BCUT2D eigenvalue weighted by Gasteiger charge is -2.29. The molecule has 248 valence electrons. The van der Waals surface area contributed by atoms with Crippen molar-refractivity contribution in [1.29, 1.82) is 0 Å². The normalized spacial score (nSPS) is 14.2. The Morgan fingerprint density at radius 2 is 1.09 bits per heavy atom. The molecule has 0 spiro atoms. The maximum Gasteiger partial charge on any atom is 0.356 e. The minimum atomic E-state index is -0.663. The summed E-state index contributed by atoms with van der Waals surface area (Å²) >= 11 is 17.5. The van der Waals surface area contributed by atoms with Crippen molar-refractivity contribution in [3.63, 3.8) is 0 Å². The van der Waals surface area contributed by atoms with Crippen LogP contribution in [0.5, 0.6) is 0 Å². The van der Waals surface area contributed by atoms with Gasteiger partial charge in [-0.25, -0.2) is 28.9 Å². The number of halogens is 4. The predicted molar refractivity (Wildman–Crippen MR) is 175 cm³/mol. The summed E-state index contributed by atoms with van der Waals surface area (Å²) in [5, 5.41) is 6.98. The number of nitrogens with zero attached hydrogens (tertiary/aromatic N) is 5. The molecule has 0 radical (unpaired) electrons. The van der Waals surface area contributed by atoms with Crippen LogP contribution in [0.15, 0.2) is 36.4 Å². The fraction of sp³-hybridized carbons (Fsp3) is 0.400. The Hall–Kier alpha value is -3.62. The van der Waals surface area contributed by atoms with Crippen LogP contribution < -0.4 is 20.4 Å². The van der Waals surface area contributed by atoms with Gasteiger partial charge in [-0.15, -0.1) is 0 Å². The number of rotatable bonds is 6. The van der Waals surface area contributed by atoms with Gasteiger partial charge in [-0.1, -0.05) is 41.7 Å². The zero-order chi connectivity index (χ0) is 33.6. The summed E-state index contributed by atoms with van der Waals surface area (Å²) < 4.78 is 21.5. The Bertz CT molecular complexity index is 1430. The van der Waals surface area contributed by atoms with E-state index in [1.807, 2.05) is 19.1 Å². The van der Waals surface area contributed by atoms with Gasteiger partial charge in [0, 0.05) is 58.8 Å². The SMILES string of the molecule is CCC(=O)c1ccc(N2CCNCC2)c(Cl)n1.COC(=O)c1ccc(F)c(Cl)n1.COC(=O)c1ccc(N2CCNCC2)c(Cl)n1. The second-order valence-electron chi connectivity index (χ2n) is 9.72. The molecule has 0 aliphatic carbocycles. The third-order valence-corrected chi connectivity index (χ3v) is 7.59. The molecule has 2 aliphatic heterocycles. The summed E-state index contributed by atoms with van der Waals surface area (Å²) in [6.07, 6.45) is 0.455. The van der Waals surface area contributed by atoms with E-state index in [1.54, 1.807) is 12.1 Å². The van der Waals surface area contributed by atoms with E-state index in [-0.39, 0.29) is 22.3 Å². The van der Waals surface area contributed by atoms with E-state index in [0.717, 1.165) is 69.8 Å². The fourth-order valence-corrected chi connectivity index (χ4v) is 5.03. The van der Waals surface area contributed by atoms with Gasteiger partial charge in [-0.3, -0.25) is 4.79 Å². The molecule has 46 heavy (non-hydrogen) atoms. The lowest BCUT2D eigenvalue weighted by atomic mass is 10.2. The smallest absolute Gasteiger partial charge is 0.356 e. The number of ether oxygens (including phenoxy) is 2. The van der Waals surface area contributed by atoms with Gasteiger partial charge in [0.15, 0.2) is 27.1 Å². The zero-order valence-corrected chi connectivity index (χ0v) is 27.9. The van der Waals surface area contributed by atoms with Crippen LogP contribution in [-0.4, -0.2) is 99.3 Å². The van der Waals surface area contributed by atoms with Crippen LogP contribution in [0.1, 0.15) is 44.8 Å². The van der Waals surface area contributed by atoms with Crippen molar-refractivity contribution in [2.24, 2.45) is 0 Å². The molecule has 0 bridgehead atoms. The molecule has 0 unspecified atom stereocenters. The molecular formula is C30H35Cl3FN7O5. The van der Waals surface area contributed by atoms with E-state index < -0.39 is 17.8 Å². The number of Topliss-reactive ketones (excluding diaryl/α,β-unsaturated/α-hetero) is 1. The quantitative estimate of drug-likeness (QED) is 0.215. The number of hydrogen-bond acceptors (Lipinski definition) is 12. The maximum absolute atomic E-state index is 12.5. The van der Waals surface area contributed by atoms with Crippen molar-refractivity contribution in [2.75, 3.05) is 76.4 Å². The largest absolute Gasteiger partial charge is 0.464 e. The number of anilines is 2. The predicted octanol–water partition coefficient (Wildman–Crippen LogP) is 4.33. The first-order valence-corrected chi connectivity index (χ1v) is 15.5. The van der Waals surface area contributed by atoms with Gasteiger partial charge in [0.25, 0.3) is 0 Å². The van der Waals surface area contributed by atoms with Crippen LogP contribution in [-0.2, 0) is 9.47 Å². The van der Waals surface area contributed by atoms with Gasteiger partial charge in [0.2, 0.25) is 0 Å². The van der Waals surface area contributed by atoms with Crippen molar-refractivity contribution < 1.29 is 28.2 Å². The minimum Gasteiger partial charge on any atom is -0.464 e. The van der Waals surface area contributed by atoms with E-state index in [1.165, 1.54) is 20.3 Å². The molecule has 3 aromatic rings. The molecule has 2 N–H and O–H groups in total. The van der Waals surface area contributed by atoms with E-state index in [2.05, 4.69) is 44.9 Å². The number of piperazine rings is 2. The molecule has 12 nitrogen and oxygen atoms in total. The average Bonchev–Trinajstić information content (AvgIpc) is 3.09. The Kier molecular flexibility index (Phi) is 14.8. The molecule has 2 fully saturated rings.